The van der Waals surface area contributed by atoms with Crippen LogP contribution >= 0.6 is 0 Å². The van der Waals surface area contributed by atoms with Gasteiger partial charge < -0.3 is 10.5 Å². The van der Waals surface area contributed by atoms with E-state index in [2.05, 4.69) is 5.10 Å². The molecule has 1 rings (SSSR count). The zero-order valence-corrected chi connectivity index (χ0v) is 11.0. The van der Waals surface area contributed by atoms with Gasteiger partial charge in [0.2, 0.25) is 0 Å². The third kappa shape index (κ3) is 4.20. The smallest absolute Gasteiger partial charge is 0.359 e. The first kappa shape index (κ1) is 14.9. The van der Waals surface area contributed by atoms with Crippen LogP contribution in [0.4, 0.5) is 0 Å². The van der Waals surface area contributed by atoms with E-state index in [9.17, 15) is 14.4 Å². The van der Waals surface area contributed by atoms with Crippen molar-refractivity contribution >= 4 is 11.9 Å². The van der Waals surface area contributed by atoms with Crippen molar-refractivity contribution in [1.29, 1.82) is 0 Å². The molecule has 19 heavy (non-hydrogen) atoms. The summed E-state index contributed by atoms with van der Waals surface area (Å²) in [6.45, 7) is 3.78. The molecule has 0 aliphatic carbocycles. The fourth-order valence-electron chi connectivity index (χ4n) is 1.30. The third-order valence-corrected chi connectivity index (χ3v) is 2.48. The highest BCUT2D eigenvalue weighted by Gasteiger charge is 2.17. The number of hydrogen-bond acceptors (Lipinski definition) is 5. The van der Waals surface area contributed by atoms with Crippen LogP contribution in [0, 0.1) is 0 Å². The van der Waals surface area contributed by atoms with Crippen molar-refractivity contribution < 1.29 is 14.3 Å². The van der Waals surface area contributed by atoms with Gasteiger partial charge in [-0.1, -0.05) is 13.3 Å². The van der Waals surface area contributed by atoms with Crippen LogP contribution in [0.1, 0.15) is 37.2 Å². The highest BCUT2D eigenvalue weighted by atomic mass is 16.5. The topological polar surface area (TPSA) is 104 Å². The highest BCUT2D eigenvalue weighted by molar-refractivity contribution is 5.90. The summed E-state index contributed by atoms with van der Waals surface area (Å²) in [5.41, 5.74) is 4.68. The molecule has 0 bridgehead atoms. The predicted octanol–water partition coefficient (Wildman–Crippen LogP) is 0.0740. The van der Waals surface area contributed by atoms with Gasteiger partial charge in [0.05, 0.1) is 0 Å². The lowest BCUT2D eigenvalue weighted by Crippen LogP contribution is -2.32. The van der Waals surface area contributed by atoms with Gasteiger partial charge in [-0.2, -0.15) is 5.10 Å². The van der Waals surface area contributed by atoms with E-state index in [0.717, 1.165) is 12.8 Å². The molecule has 0 aromatic carbocycles. The molecule has 104 valence electrons. The van der Waals surface area contributed by atoms with Crippen LogP contribution in [0.2, 0.25) is 0 Å². The number of carbonyl (C=O) groups is 2. The molecule has 0 radical (unpaired) electrons. The van der Waals surface area contributed by atoms with E-state index in [1.165, 1.54) is 23.7 Å². The molecule has 0 fully saturated rings. The van der Waals surface area contributed by atoms with Crippen LogP contribution in [0.25, 0.3) is 0 Å². The summed E-state index contributed by atoms with van der Waals surface area (Å²) < 4.78 is 6.01. The van der Waals surface area contributed by atoms with E-state index < -0.39 is 18.0 Å². The minimum Gasteiger partial charge on any atom is -0.448 e. The van der Waals surface area contributed by atoms with Crippen molar-refractivity contribution in [2.24, 2.45) is 5.73 Å². The SMILES string of the molecule is CCCCn1nc(C(=O)O[C@@H](C)C(N)=O)ccc1=O. The first-order valence-corrected chi connectivity index (χ1v) is 6.04. The monoisotopic (exact) mass is 267 g/mol. The fraction of sp³-hybridized carbons (Fsp3) is 0.500. The Labute approximate surface area is 110 Å². The average molecular weight is 267 g/mol. The molecule has 0 aliphatic heterocycles. The van der Waals surface area contributed by atoms with Crippen LogP contribution in [0.5, 0.6) is 0 Å². The quantitative estimate of drug-likeness (QED) is 0.735. The molecule has 1 atom stereocenters. The van der Waals surface area contributed by atoms with E-state index in [1.807, 2.05) is 6.92 Å². The summed E-state index contributed by atoms with van der Waals surface area (Å²) >= 11 is 0. The number of nitrogens with zero attached hydrogens (tertiary/aromatic N) is 2. The number of unbranched alkanes of at least 4 members (excludes halogenated alkanes) is 1. The molecule has 0 aliphatic rings. The van der Waals surface area contributed by atoms with Crippen molar-refractivity contribution in [2.45, 2.75) is 39.3 Å². The summed E-state index contributed by atoms with van der Waals surface area (Å²) in [6.07, 6.45) is 0.648. The highest BCUT2D eigenvalue weighted by Crippen LogP contribution is 2.00. The average Bonchev–Trinajstić information content (AvgIpc) is 2.37. The second-order valence-corrected chi connectivity index (χ2v) is 4.08. The second-order valence-electron chi connectivity index (χ2n) is 4.08. The maximum atomic E-state index is 11.7. The van der Waals surface area contributed by atoms with E-state index in [1.54, 1.807) is 0 Å². The lowest BCUT2D eigenvalue weighted by molar-refractivity contribution is -0.125. The Morgan fingerprint density at radius 3 is 2.74 bits per heavy atom. The van der Waals surface area contributed by atoms with Crippen molar-refractivity contribution in [3.05, 3.63) is 28.2 Å². The molecule has 1 heterocycles. The number of aromatic nitrogens is 2. The molecule has 0 spiro atoms. The van der Waals surface area contributed by atoms with Crippen molar-refractivity contribution in [2.75, 3.05) is 0 Å². The van der Waals surface area contributed by atoms with Gasteiger partial charge in [0.25, 0.3) is 11.5 Å². The number of amides is 1. The molecule has 7 nitrogen and oxygen atoms in total. The zero-order valence-electron chi connectivity index (χ0n) is 11.0. The van der Waals surface area contributed by atoms with Crippen molar-refractivity contribution in [3.63, 3.8) is 0 Å². The standard InChI is InChI=1S/C12H17N3O4/c1-3-4-7-15-10(16)6-5-9(14-15)12(18)19-8(2)11(13)17/h5-6,8H,3-4,7H2,1-2H3,(H2,13,17)/t8-/m0/s1. The van der Waals surface area contributed by atoms with Crippen molar-refractivity contribution in [1.82, 2.24) is 9.78 Å². The van der Waals surface area contributed by atoms with Gasteiger partial charge in [0.1, 0.15) is 0 Å². The Morgan fingerprint density at radius 1 is 1.47 bits per heavy atom. The summed E-state index contributed by atoms with van der Waals surface area (Å²) in [4.78, 5) is 34.0. The van der Waals surface area contributed by atoms with Crippen molar-refractivity contribution in [3.8, 4) is 0 Å². The van der Waals surface area contributed by atoms with E-state index >= 15 is 0 Å². The largest absolute Gasteiger partial charge is 0.448 e. The first-order chi connectivity index (χ1) is 8.95. The lowest BCUT2D eigenvalue weighted by atomic mass is 10.3. The Balaban J connectivity index is 2.86. The molecule has 1 amide bonds. The van der Waals surface area contributed by atoms with Gasteiger partial charge in [-0.3, -0.25) is 9.59 Å². The maximum absolute atomic E-state index is 11.7. The predicted molar refractivity (Wildman–Crippen MR) is 67.5 cm³/mol. The molecule has 2 N–H and O–H groups in total. The van der Waals surface area contributed by atoms with Crippen LogP contribution in [-0.4, -0.2) is 27.8 Å². The van der Waals surface area contributed by atoms with Crippen LogP contribution in [0.3, 0.4) is 0 Å². The van der Waals surface area contributed by atoms with E-state index in [4.69, 9.17) is 10.5 Å². The Morgan fingerprint density at radius 2 is 2.16 bits per heavy atom. The van der Waals surface area contributed by atoms with Crippen LogP contribution in [-0.2, 0) is 16.1 Å². The van der Waals surface area contributed by atoms with Gasteiger partial charge in [0, 0.05) is 12.6 Å². The van der Waals surface area contributed by atoms with Gasteiger partial charge in [-0.25, -0.2) is 9.48 Å². The Bertz CT molecular complexity index is 524. The first-order valence-electron chi connectivity index (χ1n) is 6.04. The maximum Gasteiger partial charge on any atom is 0.359 e. The lowest BCUT2D eigenvalue weighted by Gasteiger charge is -2.10. The molecule has 1 aromatic heterocycles. The summed E-state index contributed by atoms with van der Waals surface area (Å²) in [5.74, 6) is -1.52. The van der Waals surface area contributed by atoms with Crippen LogP contribution in [0.15, 0.2) is 16.9 Å². The molecule has 1 aromatic rings. The Kier molecular flexibility index (Phi) is 5.23. The number of primary amides is 1. The summed E-state index contributed by atoms with van der Waals surface area (Å²) in [7, 11) is 0. The molecular weight excluding hydrogens is 250 g/mol. The van der Waals surface area contributed by atoms with Gasteiger partial charge in [-0.15, -0.1) is 0 Å². The zero-order chi connectivity index (χ0) is 14.4. The molecule has 7 heteroatoms. The number of ether oxygens (including phenoxy) is 1. The molecule has 0 saturated heterocycles. The van der Waals surface area contributed by atoms with Crippen LogP contribution < -0.4 is 11.3 Å². The number of carbonyl (C=O) groups excluding carboxylic acids is 2. The normalized spacial score (nSPS) is 11.9. The number of rotatable bonds is 6. The van der Waals surface area contributed by atoms with E-state index in [-0.39, 0.29) is 11.3 Å². The van der Waals surface area contributed by atoms with E-state index in [0.29, 0.717) is 6.54 Å². The van der Waals surface area contributed by atoms with Gasteiger partial charge >= 0.3 is 5.97 Å². The molecule has 0 saturated carbocycles. The minimum atomic E-state index is -1.04. The number of nitrogens with two attached hydrogens (primary N) is 1. The number of aryl methyl sites for hydroxylation is 1. The summed E-state index contributed by atoms with van der Waals surface area (Å²) in [6, 6.07) is 2.51. The Hall–Kier alpha value is -2.18. The van der Waals surface area contributed by atoms with Gasteiger partial charge in [-0.05, 0) is 19.4 Å². The molecule has 0 unspecified atom stereocenters. The summed E-state index contributed by atoms with van der Waals surface area (Å²) in [5, 5.41) is 3.90. The van der Waals surface area contributed by atoms with Gasteiger partial charge in [0.15, 0.2) is 11.8 Å². The molecular formula is C12H17N3O4. The fourth-order valence-corrected chi connectivity index (χ4v) is 1.30. The third-order valence-electron chi connectivity index (χ3n) is 2.48. The minimum absolute atomic E-state index is 0.0243. The number of hydrogen-bond donors (Lipinski definition) is 1. The number of esters is 1. The second kappa shape index (κ2) is 6.67.